The fraction of sp³-hybridized carbons (Fsp3) is 0.929. The fourth-order valence-electron chi connectivity index (χ4n) is 2.17. The van der Waals surface area contributed by atoms with Crippen LogP contribution in [0.5, 0.6) is 0 Å². The molecule has 1 rings (SSSR count). The van der Waals surface area contributed by atoms with Crippen LogP contribution in [0.15, 0.2) is 0 Å². The molecule has 0 aliphatic carbocycles. The summed E-state index contributed by atoms with van der Waals surface area (Å²) >= 11 is 0. The number of carbonyl (C=O) groups is 1. The molecule has 106 valence electrons. The van der Waals surface area contributed by atoms with Crippen molar-refractivity contribution in [2.24, 2.45) is 5.41 Å². The van der Waals surface area contributed by atoms with E-state index in [4.69, 9.17) is 4.74 Å². The molecule has 0 radical (unpaired) electrons. The van der Waals surface area contributed by atoms with Crippen LogP contribution in [0.3, 0.4) is 0 Å². The summed E-state index contributed by atoms with van der Waals surface area (Å²) in [5, 5.41) is 6.40. The van der Waals surface area contributed by atoms with Gasteiger partial charge in [0.1, 0.15) is 0 Å². The standard InChI is InChI=1S/C14H28N2O2/c1-14(2,8-10-18-3)11-16-13(17)12-7-5-4-6-9-15-12/h12,15H,4-11H2,1-3H3,(H,16,17). The van der Waals surface area contributed by atoms with Crippen LogP contribution in [0.25, 0.3) is 0 Å². The number of carbonyl (C=O) groups excluding carboxylic acids is 1. The van der Waals surface area contributed by atoms with Gasteiger partial charge in [0.2, 0.25) is 5.91 Å². The van der Waals surface area contributed by atoms with Crippen molar-refractivity contribution in [2.75, 3.05) is 26.8 Å². The predicted molar refractivity (Wildman–Crippen MR) is 73.5 cm³/mol. The van der Waals surface area contributed by atoms with Crippen molar-refractivity contribution < 1.29 is 9.53 Å². The molecule has 4 heteroatoms. The molecule has 0 bridgehead atoms. The van der Waals surface area contributed by atoms with E-state index in [9.17, 15) is 4.79 Å². The highest BCUT2D eigenvalue weighted by Gasteiger charge is 2.23. The van der Waals surface area contributed by atoms with Gasteiger partial charge in [0.05, 0.1) is 6.04 Å². The first kappa shape index (κ1) is 15.4. The molecule has 1 saturated heterocycles. The van der Waals surface area contributed by atoms with E-state index in [0.717, 1.165) is 32.4 Å². The Labute approximate surface area is 111 Å². The number of ether oxygens (including phenoxy) is 1. The smallest absolute Gasteiger partial charge is 0.237 e. The summed E-state index contributed by atoms with van der Waals surface area (Å²) in [6, 6.07) is 0.00530. The van der Waals surface area contributed by atoms with Gasteiger partial charge < -0.3 is 15.4 Å². The Balaban J connectivity index is 2.30. The van der Waals surface area contributed by atoms with Crippen LogP contribution in [0.2, 0.25) is 0 Å². The average molecular weight is 256 g/mol. The molecule has 4 nitrogen and oxygen atoms in total. The third-order valence-electron chi connectivity index (χ3n) is 3.60. The first-order valence-corrected chi connectivity index (χ1v) is 7.05. The third-order valence-corrected chi connectivity index (χ3v) is 3.60. The lowest BCUT2D eigenvalue weighted by Crippen LogP contribution is -2.46. The van der Waals surface area contributed by atoms with Crippen molar-refractivity contribution in [2.45, 2.75) is 52.0 Å². The molecule has 1 aliphatic heterocycles. The molecular formula is C14H28N2O2. The van der Waals surface area contributed by atoms with Crippen molar-refractivity contribution in [3.63, 3.8) is 0 Å². The summed E-state index contributed by atoms with van der Waals surface area (Å²) in [6.45, 7) is 6.74. The number of rotatable bonds is 6. The molecule has 0 saturated carbocycles. The number of methoxy groups -OCH3 is 1. The van der Waals surface area contributed by atoms with Gasteiger partial charge in [-0.2, -0.15) is 0 Å². The Hall–Kier alpha value is -0.610. The lowest BCUT2D eigenvalue weighted by atomic mass is 9.89. The normalized spacial score (nSPS) is 21.4. The van der Waals surface area contributed by atoms with Gasteiger partial charge in [0.25, 0.3) is 0 Å². The molecule has 1 fully saturated rings. The molecule has 2 N–H and O–H groups in total. The maximum absolute atomic E-state index is 12.1. The number of nitrogens with one attached hydrogen (secondary N) is 2. The Morgan fingerprint density at radius 2 is 2.17 bits per heavy atom. The van der Waals surface area contributed by atoms with Gasteiger partial charge in [-0.1, -0.05) is 26.7 Å². The maximum Gasteiger partial charge on any atom is 0.237 e. The van der Waals surface area contributed by atoms with E-state index in [1.165, 1.54) is 12.8 Å². The van der Waals surface area contributed by atoms with E-state index >= 15 is 0 Å². The van der Waals surface area contributed by atoms with Crippen molar-refractivity contribution in [1.29, 1.82) is 0 Å². The molecule has 1 atom stereocenters. The summed E-state index contributed by atoms with van der Waals surface area (Å²) in [5.74, 6) is 0.155. The number of hydrogen-bond donors (Lipinski definition) is 2. The zero-order valence-electron chi connectivity index (χ0n) is 12.1. The van der Waals surface area contributed by atoms with Gasteiger partial charge >= 0.3 is 0 Å². The monoisotopic (exact) mass is 256 g/mol. The van der Waals surface area contributed by atoms with Gasteiger partial charge in [0, 0.05) is 20.3 Å². The van der Waals surface area contributed by atoms with Crippen LogP contribution in [-0.4, -0.2) is 38.8 Å². The predicted octanol–water partition coefficient (Wildman–Crippen LogP) is 1.70. The maximum atomic E-state index is 12.1. The fourth-order valence-corrected chi connectivity index (χ4v) is 2.17. The molecule has 0 aromatic heterocycles. The van der Waals surface area contributed by atoms with Crippen LogP contribution in [0, 0.1) is 5.41 Å². The molecule has 1 unspecified atom stereocenters. The first-order valence-electron chi connectivity index (χ1n) is 7.05. The van der Waals surface area contributed by atoms with Crippen LogP contribution >= 0.6 is 0 Å². The van der Waals surface area contributed by atoms with Crippen LogP contribution in [0.1, 0.15) is 46.0 Å². The Kier molecular flexibility index (Phi) is 6.65. The SMILES string of the molecule is COCCC(C)(C)CNC(=O)C1CCCCCN1. The van der Waals surface area contributed by atoms with Crippen molar-refractivity contribution in [3.8, 4) is 0 Å². The van der Waals surface area contributed by atoms with E-state index < -0.39 is 0 Å². The Bertz CT molecular complexity index is 246. The summed E-state index contributed by atoms with van der Waals surface area (Å²) in [6.07, 6.45) is 5.49. The summed E-state index contributed by atoms with van der Waals surface area (Å²) in [5.41, 5.74) is 0.0937. The molecule has 0 aromatic rings. The molecule has 1 heterocycles. The van der Waals surface area contributed by atoms with Gasteiger partial charge in [-0.3, -0.25) is 4.79 Å². The van der Waals surface area contributed by atoms with Crippen LogP contribution in [-0.2, 0) is 9.53 Å². The lowest BCUT2D eigenvalue weighted by molar-refractivity contribution is -0.123. The topological polar surface area (TPSA) is 50.4 Å². The summed E-state index contributed by atoms with van der Waals surface area (Å²) < 4.78 is 5.09. The van der Waals surface area contributed by atoms with Gasteiger partial charge in [-0.25, -0.2) is 0 Å². The van der Waals surface area contributed by atoms with E-state index in [1.807, 2.05) is 0 Å². The van der Waals surface area contributed by atoms with E-state index in [0.29, 0.717) is 6.54 Å². The molecule has 1 amide bonds. The van der Waals surface area contributed by atoms with E-state index in [2.05, 4.69) is 24.5 Å². The van der Waals surface area contributed by atoms with Crippen molar-refractivity contribution in [3.05, 3.63) is 0 Å². The molecule has 18 heavy (non-hydrogen) atoms. The second-order valence-electron chi connectivity index (χ2n) is 5.98. The van der Waals surface area contributed by atoms with Gasteiger partial charge in [-0.05, 0) is 31.2 Å². The quantitative estimate of drug-likeness (QED) is 0.760. The number of amides is 1. The Morgan fingerprint density at radius 3 is 2.89 bits per heavy atom. The Morgan fingerprint density at radius 1 is 1.39 bits per heavy atom. The average Bonchev–Trinajstić information content (AvgIpc) is 2.62. The second-order valence-corrected chi connectivity index (χ2v) is 5.98. The van der Waals surface area contributed by atoms with Crippen molar-refractivity contribution >= 4 is 5.91 Å². The minimum absolute atomic E-state index is 0.00530. The summed E-state index contributed by atoms with van der Waals surface area (Å²) in [7, 11) is 1.71. The second kappa shape index (κ2) is 7.74. The van der Waals surface area contributed by atoms with Crippen LogP contribution < -0.4 is 10.6 Å². The third kappa shape index (κ3) is 5.83. The zero-order valence-corrected chi connectivity index (χ0v) is 12.1. The van der Waals surface area contributed by atoms with Gasteiger partial charge in [-0.15, -0.1) is 0 Å². The number of hydrogen-bond acceptors (Lipinski definition) is 3. The van der Waals surface area contributed by atoms with Crippen LogP contribution in [0.4, 0.5) is 0 Å². The minimum Gasteiger partial charge on any atom is -0.385 e. The van der Waals surface area contributed by atoms with Crippen molar-refractivity contribution in [1.82, 2.24) is 10.6 Å². The zero-order chi connectivity index (χ0) is 13.4. The lowest BCUT2D eigenvalue weighted by Gasteiger charge is -2.26. The molecule has 0 spiro atoms. The minimum atomic E-state index is 0.00530. The first-order chi connectivity index (χ1) is 8.55. The highest BCUT2D eigenvalue weighted by Crippen LogP contribution is 2.19. The van der Waals surface area contributed by atoms with E-state index in [-0.39, 0.29) is 17.4 Å². The highest BCUT2D eigenvalue weighted by atomic mass is 16.5. The van der Waals surface area contributed by atoms with E-state index in [1.54, 1.807) is 7.11 Å². The highest BCUT2D eigenvalue weighted by molar-refractivity contribution is 5.81. The summed E-state index contributed by atoms with van der Waals surface area (Å²) in [4.78, 5) is 12.1. The molecule has 0 aromatic carbocycles. The molecular weight excluding hydrogens is 228 g/mol. The van der Waals surface area contributed by atoms with Gasteiger partial charge in [0.15, 0.2) is 0 Å². The molecule has 1 aliphatic rings. The largest absolute Gasteiger partial charge is 0.385 e.